The van der Waals surface area contributed by atoms with Crippen LogP contribution in [0.15, 0.2) is 11.8 Å². The van der Waals surface area contributed by atoms with Gasteiger partial charge >= 0.3 is 16.3 Å². The molecule has 0 aromatic carbocycles. The highest BCUT2D eigenvalue weighted by Crippen LogP contribution is 1.98. The molecule has 0 aliphatic rings. The zero-order valence-electron chi connectivity index (χ0n) is 9.36. The normalized spacial score (nSPS) is 12.7. The van der Waals surface area contributed by atoms with Gasteiger partial charge in [-0.25, -0.2) is 13.9 Å². The van der Waals surface area contributed by atoms with Gasteiger partial charge in [-0.3, -0.25) is 0 Å². The molecule has 0 rings (SSSR count). The van der Waals surface area contributed by atoms with E-state index in [-0.39, 0.29) is 12.3 Å². The second kappa shape index (κ2) is 6.44. The first-order valence-corrected chi connectivity index (χ1v) is 5.92. The average molecular weight is 254 g/mol. The first-order valence-electron chi connectivity index (χ1n) is 4.48. The summed E-state index contributed by atoms with van der Waals surface area (Å²) in [4.78, 5) is 11.1. The molecule has 1 amide bonds. The lowest BCUT2D eigenvalue weighted by Crippen LogP contribution is -2.42. The molecule has 0 aromatic heterocycles. The van der Waals surface area contributed by atoms with E-state index in [2.05, 4.69) is 4.74 Å². The molecule has 0 aliphatic heterocycles. The molecular formula is C8H15FN2O4S. The van der Waals surface area contributed by atoms with Crippen molar-refractivity contribution in [1.29, 1.82) is 0 Å². The number of rotatable bonds is 5. The van der Waals surface area contributed by atoms with Crippen LogP contribution in [0.25, 0.3) is 0 Å². The van der Waals surface area contributed by atoms with Gasteiger partial charge in [-0.1, -0.05) is 0 Å². The predicted octanol–water partition coefficient (Wildman–Crippen LogP) is 0.782. The third kappa shape index (κ3) is 5.08. The molecular weight excluding hydrogens is 239 g/mol. The highest BCUT2D eigenvalue weighted by molar-refractivity contribution is 7.87. The fourth-order valence-corrected chi connectivity index (χ4v) is 1.37. The molecule has 0 fully saturated rings. The number of allylic oxidation sites excluding steroid dienone is 2. The van der Waals surface area contributed by atoms with Gasteiger partial charge < -0.3 is 4.74 Å². The summed E-state index contributed by atoms with van der Waals surface area (Å²) in [7, 11) is -2.88. The van der Waals surface area contributed by atoms with Crippen LogP contribution in [0.5, 0.6) is 0 Å². The van der Waals surface area contributed by atoms with E-state index < -0.39 is 23.0 Å². The summed E-state index contributed by atoms with van der Waals surface area (Å²) in [5.74, 6) is 0.265. The molecule has 0 aliphatic carbocycles. The fraction of sp³-hybridized carbons (Fsp3) is 0.625. The van der Waals surface area contributed by atoms with Crippen LogP contribution in [0.3, 0.4) is 0 Å². The summed E-state index contributed by atoms with van der Waals surface area (Å²) in [6.07, 6.45) is 0.374. The van der Waals surface area contributed by atoms with Gasteiger partial charge in [0.25, 0.3) is 0 Å². The Bertz CT molecular complexity index is 366. The molecule has 0 unspecified atom stereocenters. The van der Waals surface area contributed by atoms with Crippen molar-refractivity contribution in [3.63, 3.8) is 0 Å². The van der Waals surface area contributed by atoms with Gasteiger partial charge in [0.15, 0.2) is 0 Å². The number of amides is 1. The lowest BCUT2D eigenvalue weighted by molar-refractivity contribution is 0.182. The summed E-state index contributed by atoms with van der Waals surface area (Å²) in [5, 5.41) is 0. The minimum Gasteiger partial charge on any atom is -0.415 e. The Hall–Kier alpha value is -1.15. The van der Waals surface area contributed by atoms with Crippen molar-refractivity contribution in [3.05, 3.63) is 11.8 Å². The summed E-state index contributed by atoms with van der Waals surface area (Å²) >= 11 is 0. The Kier molecular flexibility index (Phi) is 5.97. The summed E-state index contributed by atoms with van der Waals surface area (Å²) in [5.41, 5.74) is 0. The maximum absolute atomic E-state index is 11.9. The number of nitrogens with one attached hydrogen (secondary N) is 1. The van der Waals surface area contributed by atoms with E-state index in [9.17, 15) is 17.6 Å². The van der Waals surface area contributed by atoms with E-state index in [4.69, 9.17) is 0 Å². The third-order valence-corrected chi connectivity index (χ3v) is 3.11. The second-order valence-corrected chi connectivity index (χ2v) is 4.68. The van der Waals surface area contributed by atoms with Crippen LogP contribution in [0.1, 0.15) is 13.8 Å². The van der Waals surface area contributed by atoms with E-state index >= 15 is 0 Å². The van der Waals surface area contributed by atoms with Gasteiger partial charge in [-0.15, -0.1) is 0 Å². The minimum absolute atomic E-state index is 0.265. The van der Waals surface area contributed by atoms with E-state index in [0.717, 1.165) is 7.05 Å². The molecule has 0 heterocycles. The average Bonchev–Trinajstić information content (AvgIpc) is 2.16. The number of alkyl halides is 1. The summed E-state index contributed by atoms with van der Waals surface area (Å²) in [6, 6.07) is 0. The van der Waals surface area contributed by atoms with Crippen LogP contribution in [-0.4, -0.2) is 39.1 Å². The van der Waals surface area contributed by atoms with Crippen molar-refractivity contribution in [2.75, 3.05) is 20.3 Å². The monoisotopic (exact) mass is 254 g/mol. The summed E-state index contributed by atoms with van der Waals surface area (Å²) < 4.78 is 41.5. The SMILES string of the molecule is C/C=C(/C)OC(=O)NS(=O)(=O)N(C)CCF. The Balaban J connectivity index is 4.43. The quantitative estimate of drug-likeness (QED) is 0.736. The molecule has 0 radical (unpaired) electrons. The van der Waals surface area contributed by atoms with Crippen molar-refractivity contribution in [3.8, 4) is 0 Å². The number of hydrogen-bond donors (Lipinski definition) is 1. The lowest BCUT2D eigenvalue weighted by Gasteiger charge is -2.15. The maximum Gasteiger partial charge on any atom is 0.427 e. The van der Waals surface area contributed by atoms with E-state index in [1.54, 1.807) is 11.6 Å². The topological polar surface area (TPSA) is 75.7 Å². The predicted molar refractivity (Wildman–Crippen MR) is 56.6 cm³/mol. The van der Waals surface area contributed by atoms with E-state index in [1.165, 1.54) is 13.0 Å². The smallest absolute Gasteiger partial charge is 0.415 e. The first-order chi connectivity index (χ1) is 7.33. The van der Waals surface area contributed by atoms with Gasteiger partial charge in [0.1, 0.15) is 12.4 Å². The van der Waals surface area contributed by atoms with Crippen LogP contribution < -0.4 is 4.72 Å². The minimum atomic E-state index is -4.03. The molecule has 0 bridgehead atoms. The van der Waals surface area contributed by atoms with Crippen LogP contribution in [0.2, 0.25) is 0 Å². The molecule has 94 valence electrons. The Morgan fingerprint density at radius 2 is 2.12 bits per heavy atom. The molecule has 1 N–H and O–H groups in total. The van der Waals surface area contributed by atoms with Gasteiger partial charge in [0.05, 0.1) is 0 Å². The second-order valence-electron chi connectivity index (χ2n) is 2.91. The number of hydrogen-bond acceptors (Lipinski definition) is 4. The van der Waals surface area contributed by atoms with Gasteiger partial charge in [0.2, 0.25) is 0 Å². The van der Waals surface area contributed by atoms with Gasteiger partial charge in [-0.05, 0) is 19.9 Å². The standard InChI is InChI=1S/C8H15FN2O4S/c1-4-7(2)15-8(12)10-16(13,14)11(3)6-5-9/h4H,5-6H2,1-3H3,(H,10,12)/b7-4-. The van der Waals surface area contributed by atoms with Crippen LogP contribution in [0.4, 0.5) is 9.18 Å². The molecule has 0 saturated carbocycles. The van der Waals surface area contributed by atoms with Gasteiger partial charge in [-0.2, -0.15) is 12.7 Å². The Morgan fingerprint density at radius 1 is 1.56 bits per heavy atom. The molecule has 0 saturated heterocycles. The van der Waals surface area contributed by atoms with Crippen LogP contribution in [0, 0.1) is 0 Å². The van der Waals surface area contributed by atoms with Crippen LogP contribution >= 0.6 is 0 Å². The number of ether oxygens (including phenoxy) is 1. The van der Waals surface area contributed by atoms with Crippen molar-refractivity contribution in [1.82, 2.24) is 9.03 Å². The van der Waals surface area contributed by atoms with Crippen molar-refractivity contribution < 1.29 is 22.3 Å². The van der Waals surface area contributed by atoms with Crippen molar-refractivity contribution in [2.45, 2.75) is 13.8 Å². The number of carbonyl (C=O) groups excluding carboxylic acids is 1. The molecule has 6 nitrogen and oxygen atoms in total. The van der Waals surface area contributed by atoms with Crippen LogP contribution in [-0.2, 0) is 14.9 Å². The molecule has 0 aromatic rings. The largest absolute Gasteiger partial charge is 0.427 e. The zero-order chi connectivity index (χ0) is 12.8. The Labute approximate surface area is 94.3 Å². The van der Waals surface area contributed by atoms with Crippen molar-refractivity contribution in [2.24, 2.45) is 0 Å². The summed E-state index contributed by atoms with van der Waals surface area (Å²) in [6.45, 7) is 1.97. The van der Waals surface area contributed by atoms with E-state index in [1.807, 2.05) is 0 Å². The van der Waals surface area contributed by atoms with Gasteiger partial charge in [0, 0.05) is 13.6 Å². The zero-order valence-corrected chi connectivity index (χ0v) is 10.2. The number of nitrogens with zero attached hydrogens (tertiary/aromatic N) is 1. The highest BCUT2D eigenvalue weighted by Gasteiger charge is 2.21. The molecule has 16 heavy (non-hydrogen) atoms. The lowest BCUT2D eigenvalue weighted by atomic mass is 10.5. The Morgan fingerprint density at radius 3 is 2.56 bits per heavy atom. The highest BCUT2D eigenvalue weighted by atomic mass is 32.2. The third-order valence-electron chi connectivity index (χ3n) is 1.68. The fourth-order valence-electron chi connectivity index (χ4n) is 0.648. The number of halogens is 1. The van der Waals surface area contributed by atoms with Crippen molar-refractivity contribution >= 4 is 16.3 Å². The molecule has 0 spiro atoms. The maximum atomic E-state index is 11.9. The first kappa shape index (κ1) is 14.8. The van der Waals surface area contributed by atoms with E-state index in [0.29, 0.717) is 4.31 Å². The molecule has 0 atom stereocenters. The number of carbonyl (C=O) groups is 1. The molecule has 8 heteroatoms.